The number of aryl methyl sites for hydroxylation is 1. The lowest BCUT2D eigenvalue weighted by Gasteiger charge is -2.18. The van der Waals surface area contributed by atoms with Crippen LogP contribution < -0.4 is 0 Å². The zero-order valence-corrected chi connectivity index (χ0v) is 16.3. The summed E-state index contributed by atoms with van der Waals surface area (Å²) in [4.78, 5) is 14.2. The number of halogens is 2. The molecule has 0 saturated carbocycles. The zero-order chi connectivity index (χ0) is 16.1. The van der Waals surface area contributed by atoms with Crippen LogP contribution in [0.15, 0.2) is 0 Å². The van der Waals surface area contributed by atoms with Crippen molar-refractivity contribution < 1.29 is 14.6 Å². The predicted octanol–water partition coefficient (Wildman–Crippen LogP) is 2.06. The van der Waals surface area contributed by atoms with Gasteiger partial charge in [0.25, 0.3) is 0 Å². The number of hydrogen-bond donors (Lipinski definition) is 1. The fourth-order valence-corrected chi connectivity index (χ4v) is 3.03. The van der Waals surface area contributed by atoms with Crippen LogP contribution in [0, 0.1) is 0 Å². The summed E-state index contributed by atoms with van der Waals surface area (Å²) in [5.74, 6) is -0.598. The van der Waals surface area contributed by atoms with Gasteiger partial charge in [0.05, 0.1) is 0 Å². The first kappa shape index (κ1) is 23.2. The van der Waals surface area contributed by atoms with Gasteiger partial charge in [0.15, 0.2) is 6.10 Å². The number of nitrogens with zero attached hydrogens (tertiary/aromatic N) is 3. The zero-order valence-electron chi connectivity index (χ0n) is 14.7. The van der Waals surface area contributed by atoms with E-state index >= 15 is 0 Å². The average Bonchev–Trinajstić information content (AvgIpc) is 2.88. The van der Waals surface area contributed by atoms with Crippen molar-refractivity contribution in [3.8, 4) is 0 Å². The Morgan fingerprint density at radius 1 is 1.29 bits per heavy atom. The minimum atomic E-state index is -1.27. The molecule has 1 aliphatic rings. The lowest BCUT2D eigenvalue weighted by molar-refractivity contribution is -0.154. The summed E-state index contributed by atoms with van der Waals surface area (Å²) in [5.41, 5.74) is 2.64. The molecule has 0 aliphatic heterocycles. The van der Waals surface area contributed by atoms with Crippen molar-refractivity contribution >= 4 is 30.8 Å². The Balaban J connectivity index is 0.00000264. The Hall–Kier alpha value is -0.820. The van der Waals surface area contributed by atoms with E-state index in [1.54, 1.807) is 4.68 Å². The van der Waals surface area contributed by atoms with Crippen molar-refractivity contribution in [2.45, 2.75) is 45.6 Å². The maximum absolute atomic E-state index is 12.1. The number of hydrogen-bond acceptors (Lipinski definition) is 5. The molecule has 1 unspecified atom stereocenters. The Bertz CT molecular complexity index is 519. The maximum atomic E-state index is 12.1. The highest BCUT2D eigenvalue weighted by atomic mass is 35.5. The minimum Gasteiger partial charge on any atom is -0.462 e. The monoisotopic (exact) mass is 381 g/mol. The van der Waals surface area contributed by atoms with Crippen LogP contribution in [0.2, 0.25) is 0 Å². The Labute approximate surface area is 156 Å². The van der Waals surface area contributed by atoms with Crippen molar-refractivity contribution in [3.05, 3.63) is 17.0 Å². The molecular formula is C16H29Cl2N3O3. The highest BCUT2D eigenvalue weighted by Gasteiger charge is 2.29. The molecule has 1 heterocycles. The molecule has 2 rings (SSSR count). The number of carbonyl (C=O) groups is 1. The number of aliphatic hydroxyl groups is 1. The van der Waals surface area contributed by atoms with Crippen LogP contribution in [-0.2, 0) is 29.4 Å². The van der Waals surface area contributed by atoms with Gasteiger partial charge >= 0.3 is 5.97 Å². The third kappa shape index (κ3) is 5.34. The molecule has 24 heavy (non-hydrogen) atoms. The van der Waals surface area contributed by atoms with E-state index in [0.29, 0.717) is 18.8 Å². The molecule has 6 nitrogen and oxygen atoms in total. The van der Waals surface area contributed by atoms with Crippen LogP contribution in [0.3, 0.4) is 0 Å². The second kappa shape index (κ2) is 10.9. The number of aliphatic hydroxyl groups excluding tert-OH is 1. The van der Waals surface area contributed by atoms with Crippen molar-refractivity contribution in [1.29, 1.82) is 0 Å². The third-order valence-corrected chi connectivity index (χ3v) is 4.42. The molecule has 0 radical (unpaired) electrons. The lowest BCUT2D eigenvalue weighted by Crippen LogP contribution is -2.29. The first-order valence-corrected chi connectivity index (χ1v) is 8.20. The van der Waals surface area contributed by atoms with Gasteiger partial charge in [-0.3, -0.25) is 4.68 Å². The highest BCUT2D eigenvalue weighted by molar-refractivity contribution is 5.85. The van der Waals surface area contributed by atoms with E-state index in [2.05, 4.69) is 23.8 Å². The summed E-state index contributed by atoms with van der Waals surface area (Å²) in [6.45, 7) is 6.97. The fraction of sp³-hybridized carbons (Fsp3) is 0.750. The van der Waals surface area contributed by atoms with Crippen LogP contribution in [0.1, 0.15) is 49.7 Å². The van der Waals surface area contributed by atoms with Gasteiger partial charge in [-0.25, -0.2) is 4.79 Å². The van der Waals surface area contributed by atoms with Crippen molar-refractivity contribution in [3.63, 3.8) is 0 Å². The SMILES string of the molecule is CCN(CC)CCOC(=O)C(O)c1nn(C)c2c1CCCC2.Cl.Cl. The van der Waals surface area contributed by atoms with Crippen LogP contribution >= 0.6 is 24.8 Å². The Kier molecular flexibility index (Phi) is 10.6. The molecule has 0 aromatic carbocycles. The second-order valence-corrected chi connectivity index (χ2v) is 5.74. The molecule has 0 amide bonds. The van der Waals surface area contributed by atoms with Gasteiger partial charge in [-0.2, -0.15) is 5.10 Å². The van der Waals surface area contributed by atoms with Gasteiger partial charge < -0.3 is 14.7 Å². The molecule has 1 aliphatic carbocycles. The topological polar surface area (TPSA) is 67.6 Å². The quantitative estimate of drug-likeness (QED) is 0.732. The molecule has 0 saturated heterocycles. The van der Waals surface area contributed by atoms with Gasteiger partial charge in [0.1, 0.15) is 12.3 Å². The van der Waals surface area contributed by atoms with Crippen molar-refractivity contribution in [2.24, 2.45) is 7.05 Å². The van der Waals surface area contributed by atoms with Crippen molar-refractivity contribution in [1.82, 2.24) is 14.7 Å². The predicted molar refractivity (Wildman–Crippen MR) is 98.1 cm³/mol. The lowest BCUT2D eigenvalue weighted by atomic mass is 9.94. The standard InChI is InChI=1S/C16H27N3O3.2ClH/c1-4-19(5-2)10-11-22-16(21)15(20)14-12-8-6-7-9-13(12)18(3)17-14;;/h15,20H,4-11H2,1-3H3;2*1H. The number of carbonyl (C=O) groups excluding carboxylic acids is 1. The van der Waals surface area contributed by atoms with Crippen LogP contribution in [0.4, 0.5) is 0 Å². The first-order chi connectivity index (χ1) is 10.6. The number of aromatic nitrogens is 2. The second-order valence-electron chi connectivity index (χ2n) is 5.74. The van der Waals surface area contributed by atoms with Gasteiger partial charge in [0, 0.05) is 19.3 Å². The highest BCUT2D eigenvalue weighted by Crippen LogP contribution is 2.28. The number of ether oxygens (including phenoxy) is 1. The van der Waals surface area contributed by atoms with Crippen LogP contribution in [0.5, 0.6) is 0 Å². The molecule has 1 aromatic heterocycles. The van der Waals surface area contributed by atoms with E-state index in [4.69, 9.17) is 4.74 Å². The van der Waals surface area contributed by atoms with E-state index in [0.717, 1.165) is 50.0 Å². The fourth-order valence-electron chi connectivity index (χ4n) is 3.03. The van der Waals surface area contributed by atoms with Gasteiger partial charge in [0.2, 0.25) is 0 Å². The molecule has 0 bridgehead atoms. The number of fused-ring (bicyclic) bond motifs is 1. The summed E-state index contributed by atoms with van der Waals surface area (Å²) in [6.07, 6.45) is 2.78. The van der Waals surface area contributed by atoms with E-state index in [9.17, 15) is 9.90 Å². The van der Waals surface area contributed by atoms with Gasteiger partial charge in [-0.05, 0) is 44.3 Å². The smallest absolute Gasteiger partial charge is 0.341 e. The largest absolute Gasteiger partial charge is 0.462 e. The third-order valence-electron chi connectivity index (χ3n) is 4.42. The minimum absolute atomic E-state index is 0. The Morgan fingerprint density at radius 2 is 1.92 bits per heavy atom. The molecular weight excluding hydrogens is 353 g/mol. The number of esters is 1. The summed E-state index contributed by atoms with van der Waals surface area (Å²) in [5, 5.41) is 14.6. The molecule has 1 aromatic rings. The summed E-state index contributed by atoms with van der Waals surface area (Å²) >= 11 is 0. The van der Waals surface area contributed by atoms with Gasteiger partial charge in [-0.1, -0.05) is 13.8 Å². The Morgan fingerprint density at radius 3 is 2.54 bits per heavy atom. The summed E-state index contributed by atoms with van der Waals surface area (Å²) < 4.78 is 7.00. The van der Waals surface area contributed by atoms with Crippen LogP contribution in [0.25, 0.3) is 0 Å². The molecule has 1 atom stereocenters. The van der Waals surface area contributed by atoms with Crippen molar-refractivity contribution in [2.75, 3.05) is 26.2 Å². The molecule has 8 heteroatoms. The maximum Gasteiger partial charge on any atom is 0.341 e. The molecule has 1 N–H and O–H groups in total. The first-order valence-electron chi connectivity index (χ1n) is 8.20. The van der Waals surface area contributed by atoms with Crippen LogP contribution in [-0.4, -0.2) is 52.0 Å². The van der Waals surface area contributed by atoms with E-state index < -0.39 is 12.1 Å². The summed E-state index contributed by atoms with van der Waals surface area (Å²) in [6, 6.07) is 0. The molecule has 0 fully saturated rings. The number of rotatable bonds is 7. The molecule has 140 valence electrons. The van der Waals surface area contributed by atoms with E-state index in [1.165, 1.54) is 0 Å². The van der Waals surface area contributed by atoms with E-state index in [-0.39, 0.29) is 24.8 Å². The number of likely N-dealkylation sites (N-methyl/N-ethyl adjacent to an activating group) is 1. The molecule has 0 spiro atoms. The average molecular weight is 382 g/mol. The normalized spacial score (nSPS) is 14.4. The summed E-state index contributed by atoms with van der Waals surface area (Å²) in [7, 11) is 1.87. The van der Waals surface area contributed by atoms with Gasteiger partial charge in [-0.15, -0.1) is 24.8 Å². The van der Waals surface area contributed by atoms with E-state index in [1.807, 2.05) is 7.05 Å².